The molecule has 1 aliphatic rings. The lowest BCUT2D eigenvalue weighted by atomic mass is 10.00. The number of rotatable bonds is 3. The van der Waals surface area contributed by atoms with Crippen molar-refractivity contribution in [3.63, 3.8) is 0 Å². The molecule has 0 saturated heterocycles. The van der Waals surface area contributed by atoms with Crippen LogP contribution in [0.5, 0.6) is 0 Å². The summed E-state index contributed by atoms with van der Waals surface area (Å²) in [6.45, 7) is 8.24. The molecule has 0 N–H and O–H groups in total. The highest BCUT2D eigenvalue weighted by atomic mass is 14.3. The third-order valence-electron chi connectivity index (χ3n) is 2.14. The first-order chi connectivity index (χ1) is 4.29. The molecule has 2 atom stereocenters. The molecule has 0 heterocycles. The minimum atomic E-state index is 0.771. The molecule has 1 rings (SSSR count). The van der Waals surface area contributed by atoms with Crippen molar-refractivity contribution in [2.75, 3.05) is 0 Å². The Kier molecular flexibility index (Phi) is 1.75. The van der Waals surface area contributed by atoms with Crippen LogP contribution in [-0.4, -0.2) is 0 Å². The van der Waals surface area contributed by atoms with Crippen LogP contribution in [0, 0.1) is 11.8 Å². The molecule has 0 bridgehead atoms. The largest absolute Gasteiger partial charge is 0.0988 e. The Morgan fingerprint density at radius 3 is 2.89 bits per heavy atom. The van der Waals surface area contributed by atoms with E-state index in [9.17, 15) is 0 Å². The third kappa shape index (κ3) is 1.24. The summed E-state index contributed by atoms with van der Waals surface area (Å²) in [5.74, 6) is 1.60. The SMILES string of the molecule is C=CC1=CC1C(C)CC. The summed E-state index contributed by atoms with van der Waals surface area (Å²) < 4.78 is 0. The van der Waals surface area contributed by atoms with Crippen molar-refractivity contribution in [1.29, 1.82) is 0 Å². The van der Waals surface area contributed by atoms with E-state index in [1.54, 1.807) is 0 Å². The second-order valence-corrected chi connectivity index (χ2v) is 2.78. The fourth-order valence-corrected chi connectivity index (χ4v) is 1.11. The van der Waals surface area contributed by atoms with Gasteiger partial charge >= 0.3 is 0 Å². The molecule has 0 amide bonds. The van der Waals surface area contributed by atoms with E-state index in [-0.39, 0.29) is 0 Å². The van der Waals surface area contributed by atoms with Crippen LogP contribution in [-0.2, 0) is 0 Å². The van der Waals surface area contributed by atoms with Gasteiger partial charge < -0.3 is 0 Å². The molecule has 0 nitrogen and oxygen atoms in total. The molecule has 9 heavy (non-hydrogen) atoms. The van der Waals surface area contributed by atoms with Gasteiger partial charge in [-0.25, -0.2) is 0 Å². The van der Waals surface area contributed by atoms with Gasteiger partial charge in [0.25, 0.3) is 0 Å². The fraction of sp³-hybridized carbons (Fsp3) is 0.556. The quantitative estimate of drug-likeness (QED) is 0.540. The minimum absolute atomic E-state index is 0.771. The maximum absolute atomic E-state index is 3.72. The predicted molar refractivity (Wildman–Crippen MR) is 41.2 cm³/mol. The van der Waals surface area contributed by atoms with Crippen molar-refractivity contribution in [2.24, 2.45) is 11.8 Å². The Labute approximate surface area is 57.3 Å². The first kappa shape index (κ1) is 6.60. The first-order valence-electron chi connectivity index (χ1n) is 3.63. The van der Waals surface area contributed by atoms with Crippen LogP contribution in [0.25, 0.3) is 0 Å². The highest BCUT2D eigenvalue weighted by Crippen LogP contribution is 2.37. The standard InChI is InChI=1S/C9H14/c1-4-7(3)9-6-8(9)5-2/h5-7,9H,2,4H2,1,3H3. The molecular formula is C9H14. The van der Waals surface area contributed by atoms with E-state index in [0.29, 0.717) is 0 Å². The van der Waals surface area contributed by atoms with Crippen LogP contribution < -0.4 is 0 Å². The van der Waals surface area contributed by atoms with E-state index in [1.807, 2.05) is 6.08 Å². The van der Waals surface area contributed by atoms with Crippen LogP contribution in [0.4, 0.5) is 0 Å². The van der Waals surface area contributed by atoms with Crippen molar-refractivity contribution in [2.45, 2.75) is 20.3 Å². The number of hydrogen-bond acceptors (Lipinski definition) is 0. The van der Waals surface area contributed by atoms with Gasteiger partial charge in [0, 0.05) is 5.92 Å². The average molecular weight is 122 g/mol. The molecule has 0 aromatic carbocycles. The van der Waals surface area contributed by atoms with Crippen molar-refractivity contribution < 1.29 is 0 Å². The molecule has 0 fully saturated rings. The Hall–Kier alpha value is -0.520. The molecule has 2 unspecified atom stereocenters. The van der Waals surface area contributed by atoms with Gasteiger partial charge in [-0.05, 0) is 11.5 Å². The molecule has 0 spiro atoms. The summed E-state index contributed by atoms with van der Waals surface area (Å²) in [6, 6.07) is 0. The molecule has 0 aromatic heterocycles. The van der Waals surface area contributed by atoms with Crippen LogP contribution in [0.2, 0.25) is 0 Å². The van der Waals surface area contributed by atoms with E-state index >= 15 is 0 Å². The summed E-state index contributed by atoms with van der Waals surface area (Å²) in [7, 11) is 0. The summed E-state index contributed by atoms with van der Waals surface area (Å²) >= 11 is 0. The maximum Gasteiger partial charge on any atom is 0.00464 e. The summed E-state index contributed by atoms with van der Waals surface area (Å²) in [4.78, 5) is 0. The maximum atomic E-state index is 3.72. The molecule has 0 saturated carbocycles. The van der Waals surface area contributed by atoms with E-state index < -0.39 is 0 Å². The van der Waals surface area contributed by atoms with Crippen molar-refractivity contribution >= 4 is 0 Å². The predicted octanol–water partition coefficient (Wildman–Crippen LogP) is 2.77. The van der Waals surface area contributed by atoms with Gasteiger partial charge in [0.05, 0.1) is 0 Å². The lowest BCUT2D eigenvalue weighted by molar-refractivity contribution is 0.516. The summed E-state index contributed by atoms with van der Waals surface area (Å²) in [6.07, 6.45) is 5.54. The lowest BCUT2D eigenvalue weighted by Gasteiger charge is -2.05. The summed E-state index contributed by atoms with van der Waals surface area (Å²) in [5.41, 5.74) is 1.45. The fourth-order valence-electron chi connectivity index (χ4n) is 1.11. The van der Waals surface area contributed by atoms with Gasteiger partial charge in [-0.1, -0.05) is 39.0 Å². The van der Waals surface area contributed by atoms with E-state index in [0.717, 1.165) is 11.8 Å². The topological polar surface area (TPSA) is 0 Å². The Balaban J connectivity index is 2.28. The van der Waals surface area contributed by atoms with Gasteiger partial charge in [0.1, 0.15) is 0 Å². The second kappa shape index (κ2) is 2.38. The molecule has 0 aromatic rings. The van der Waals surface area contributed by atoms with Crippen molar-refractivity contribution in [1.82, 2.24) is 0 Å². The van der Waals surface area contributed by atoms with Gasteiger partial charge in [-0.2, -0.15) is 0 Å². The van der Waals surface area contributed by atoms with Crippen LogP contribution in [0.15, 0.2) is 24.3 Å². The molecule has 1 aliphatic carbocycles. The van der Waals surface area contributed by atoms with Gasteiger partial charge in [-0.3, -0.25) is 0 Å². The average Bonchev–Trinajstić information content (AvgIpc) is 2.64. The second-order valence-electron chi connectivity index (χ2n) is 2.78. The van der Waals surface area contributed by atoms with Crippen molar-refractivity contribution in [3.8, 4) is 0 Å². The molecule has 0 radical (unpaired) electrons. The summed E-state index contributed by atoms with van der Waals surface area (Å²) in [5, 5.41) is 0. The van der Waals surface area contributed by atoms with Gasteiger partial charge in [-0.15, -0.1) is 0 Å². The molecular weight excluding hydrogens is 108 g/mol. The van der Waals surface area contributed by atoms with E-state index in [1.165, 1.54) is 12.0 Å². The zero-order valence-electron chi connectivity index (χ0n) is 6.22. The zero-order chi connectivity index (χ0) is 6.85. The monoisotopic (exact) mass is 122 g/mol. The third-order valence-corrected chi connectivity index (χ3v) is 2.14. The van der Waals surface area contributed by atoms with E-state index in [2.05, 4.69) is 26.5 Å². The smallest absolute Gasteiger partial charge is 0.00464 e. The van der Waals surface area contributed by atoms with Crippen LogP contribution >= 0.6 is 0 Å². The van der Waals surface area contributed by atoms with Crippen molar-refractivity contribution in [3.05, 3.63) is 24.3 Å². The number of hydrogen-bond donors (Lipinski definition) is 0. The van der Waals surface area contributed by atoms with E-state index in [4.69, 9.17) is 0 Å². The Bertz CT molecular complexity index is 142. The lowest BCUT2D eigenvalue weighted by Crippen LogP contribution is -1.96. The van der Waals surface area contributed by atoms with Gasteiger partial charge in [0.15, 0.2) is 0 Å². The van der Waals surface area contributed by atoms with Gasteiger partial charge in [0.2, 0.25) is 0 Å². The molecule has 0 heteroatoms. The highest BCUT2D eigenvalue weighted by Gasteiger charge is 2.26. The Morgan fingerprint density at radius 1 is 1.89 bits per heavy atom. The van der Waals surface area contributed by atoms with Crippen LogP contribution in [0.3, 0.4) is 0 Å². The normalized spacial score (nSPS) is 26.9. The Morgan fingerprint density at radius 2 is 2.56 bits per heavy atom. The highest BCUT2D eigenvalue weighted by molar-refractivity contribution is 5.38. The minimum Gasteiger partial charge on any atom is -0.0988 e. The first-order valence-corrected chi connectivity index (χ1v) is 3.63. The number of allylic oxidation sites excluding steroid dienone is 3. The molecule has 50 valence electrons. The van der Waals surface area contributed by atoms with Crippen LogP contribution in [0.1, 0.15) is 20.3 Å². The molecule has 0 aliphatic heterocycles. The zero-order valence-corrected chi connectivity index (χ0v) is 6.22.